The summed E-state index contributed by atoms with van der Waals surface area (Å²) in [4.78, 5) is 22.3. The molecule has 3 aromatic heterocycles. The molecule has 4 aromatic rings. The molecule has 40 heavy (non-hydrogen) atoms. The number of allylic oxidation sites excluding steroid dienone is 1. The van der Waals surface area contributed by atoms with Gasteiger partial charge in [-0.25, -0.2) is 26.9 Å². The molecule has 2 aliphatic rings. The summed E-state index contributed by atoms with van der Waals surface area (Å²) in [6, 6.07) is 8.25. The fourth-order valence-electron chi connectivity index (χ4n) is 5.98. The van der Waals surface area contributed by atoms with E-state index in [9.17, 15) is 22.0 Å². The first-order chi connectivity index (χ1) is 19.1. The molecule has 0 aliphatic heterocycles. The molecule has 206 valence electrons. The number of halogens is 2. The average molecular weight is 565 g/mol. The second-order valence-electron chi connectivity index (χ2n) is 10.5. The molecule has 6 rings (SSSR count). The van der Waals surface area contributed by atoms with E-state index in [1.165, 1.54) is 35.4 Å². The Kier molecular flexibility index (Phi) is 6.25. The molecule has 0 spiro atoms. The highest BCUT2D eigenvalue weighted by molar-refractivity contribution is 7.91. The van der Waals surface area contributed by atoms with Gasteiger partial charge in [-0.3, -0.25) is 14.5 Å². The fourth-order valence-corrected chi connectivity index (χ4v) is 7.49. The number of aromatic nitrogens is 6. The maximum Gasteiger partial charge on any atom is 0.267 e. The molecule has 1 fully saturated rings. The van der Waals surface area contributed by atoms with Crippen LogP contribution in [0, 0.1) is 23.0 Å². The number of carbonyl (C=O) groups excluding carboxylic acids is 1. The van der Waals surface area contributed by atoms with Gasteiger partial charge in [0.15, 0.2) is 5.78 Å². The zero-order valence-electron chi connectivity index (χ0n) is 21.8. The largest absolute Gasteiger partial charge is 0.291 e. The van der Waals surface area contributed by atoms with Crippen molar-refractivity contribution in [3.8, 4) is 5.69 Å². The molecule has 0 bridgehead atoms. The number of rotatable bonds is 6. The zero-order valence-corrected chi connectivity index (χ0v) is 22.6. The lowest BCUT2D eigenvalue weighted by molar-refractivity contribution is 0.0753. The summed E-state index contributed by atoms with van der Waals surface area (Å²) in [6.07, 6.45) is 7.62. The lowest BCUT2D eigenvalue weighted by Crippen LogP contribution is -2.45. The van der Waals surface area contributed by atoms with Crippen LogP contribution in [0.3, 0.4) is 0 Å². The number of sulfone groups is 1. The number of carbonyl (C=O) groups is 1. The van der Waals surface area contributed by atoms with E-state index in [1.807, 2.05) is 6.08 Å². The molecule has 9 nitrogen and oxygen atoms in total. The third-order valence-corrected chi connectivity index (χ3v) is 10.2. The Bertz CT molecular complexity index is 1760. The summed E-state index contributed by atoms with van der Waals surface area (Å²) >= 11 is 0. The van der Waals surface area contributed by atoms with Crippen molar-refractivity contribution < 1.29 is 22.0 Å². The summed E-state index contributed by atoms with van der Waals surface area (Å²) in [7, 11) is -2.27. The van der Waals surface area contributed by atoms with Crippen molar-refractivity contribution in [3.63, 3.8) is 0 Å². The quantitative estimate of drug-likeness (QED) is 0.324. The van der Waals surface area contributed by atoms with Crippen LogP contribution < -0.4 is 0 Å². The first-order valence-electron chi connectivity index (χ1n) is 12.9. The van der Waals surface area contributed by atoms with Crippen LogP contribution in [-0.2, 0) is 23.3 Å². The molecule has 0 saturated heterocycles. The van der Waals surface area contributed by atoms with Gasteiger partial charge in [0.05, 0.1) is 28.2 Å². The van der Waals surface area contributed by atoms with Gasteiger partial charge in [0, 0.05) is 19.3 Å². The SMILES string of the molecule is CC([C@H]1CCC2=Cc3c(cnn3-c3ccc(F)cc3)C[C@]2(C(=O)c2cc(F)ccn2)C1)S(=O)(=O)c1ncn(C)n1. The molecule has 0 radical (unpaired) electrons. The van der Waals surface area contributed by atoms with Crippen LogP contribution in [-0.4, -0.2) is 49.0 Å². The summed E-state index contributed by atoms with van der Waals surface area (Å²) in [5.74, 6) is -1.69. The van der Waals surface area contributed by atoms with E-state index in [0.29, 0.717) is 18.5 Å². The molecule has 3 atom stereocenters. The summed E-state index contributed by atoms with van der Waals surface area (Å²) in [6.45, 7) is 1.63. The summed E-state index contributed by atoms with van der Waals surface area (Å²) < 4.78 is 57.6. The highest BCUT2D eigenvalue weighted by Gasteiger charge is 2.51. The molecular formula is C28H26F2N6O3S. The van der Waals surface area contributed by atoms with Crippen LogP contribution in [0.4, 0.5) is 8.78 Å². The van der Waals surface area contributed by atoms with Crippen LogP contribution >= 0.6 is 0 Å². The van der Waals surface area contributed by atoms with Gasteiger partial charge in [-0.15, -0.1) is 5.10 Å². The third kappa shape index (κ3) is 4.26. The molecule has 0 amide bonds. The predicted octanol–water partition coefficient (Wildman–Crippen LogP) is 4.15. The smallest absolute Gasteiger partial charge is 0.267 e. The second kappa shape index (κ2) is 9.54. The van der Waals surface area contributed by atoms with Crippen LogP contribution in [0.15, 0.2) is 65.8 Å². The Morgan fingerprint density at radius 2 is 1.90 bits per heavy atom. The number of benzene rings is 1. The Hall–Kier alpha value is -4.06. The summed E-state index contributed by atoms with van der Waals surface area (Å²) in [5, 5.41) is 7.42. The molecule has 1 saturated carbocycles. The normalized spacial score (nSPS) is 21.3. The first kappa shape index (κ1) is 26.2. The van der Waals surface area contributed by atoms with E-state index in [1.54, 1.807) is 37.0 Å². The number of Topliss-reactive ketones (excluding diaryl/α,β-unsaturated/α-hetero) is 1. The Morgan fingerprint density at radius 3 is 2.60 bits per heavy atom. The van der Waals surface area contributed by atoms with Gasteiger partial charge in [0.1, 0.15) is 23.7 Å². The minimum Gasteiger partial charge on any atom is -0.291 e. The standard InChI is InChI=1S/C28H26F2N6O3S/c1-17(40(38,39)27-32-16-35(2)34-27)18-3-4-20-11-25-19(15-33-36(25)23-7-5-21(29)6-8-23)14-28(20,13-18)26(37)24-12-22(30)9-10-31-24/h5-12,15-18H,3-4,13-14H2,1-2H3/t17?,18-,28+/m0/s1. The maximum absolute atomic E-state index is 14.2. The van der Waals surface area contributed by atoms with Gasteiger partial charge >= 0.3 is 0 Å². The minimum atomic E-state index is -3.87. The lowest BCUT2D eigenvalue weighted by atomic mass is 9.58. The molecular weight excluding hydrogens is 538 g/mol. The number of hydrogen-bond donors (Lipinski definition) is 0. The van der Waals surface area contributed by atoms with E-state index in [4.69, 9.17) is 0 Å². The monoisotopic (exact) mass is 564 g/mol. The lowest BCUT2D eigenvalue weighted by Gasteiger charge is -2.45. The molecule has 2 aliphatic carbocycles. The number of ketones is 1. The number of nitrogens with zero attached hydrogens (tertiary/aromatic N) is 6. The topological polar surface area (TPSA) is 113 Å². The Morgan fingerprint density at radius 1 is 1.12 bits per heavy atom. The molecule has 1 aromatic carbocycles. The molecule has 1 unspecified atom stereocenters. The second-order valence-corrected chi connectivity index (χ2v) is 12.7. The van der Waals surface area contributed by atoms with E-state index in [0.717, 1.165) is 22.9 Å². The highest BCUT2D eigenvalue weighted by atomic mass is 32.2. The highest BCUT2D eigenvalue weighted by Crippen LogP contribution is 2.53. The van der Waals surface area contributed by atoms with Crippen molar-refractivity contribution in [2.24, 2.45) is 18.4 Å². The Balaban J connectivity index is 1.43. The third-order valence-electron chi connectivity index (χ3n) is 8.15. The van der Waals surface area contributed by atoms with Crippen molar-refractivity contribution in [2.45, 2.75) is 43.0 Å². The predicted molar refractivity (Wildman–Crippen MR) is 141 cm³/mol. The van der Waals surface area contributed by atoms with Gasteiger partial charge < -0.3 is 0 Å². The van der Waals surface area contributed by atoms with Gasteiger partial charge in [-0.1, -0.05) is 5.57 Å². The van der Waals surface area contributed by atoms with E-state index >= 15 is 0 Å². The minimum absolute atomic E-state index is 0.0113. The average Bonchev–Trinajstić information content (AvgIpc) is 3.57. The van der Waals surface area contributed by atoms with E-state index < -0.39 is 32.2 Å². The number of hydrogen-bond acceptors (Lipinski definition) is 7. The fraction of sp³-hybridized carbons (Fsp3) is 0.321. The van der Waals surface area contributed by atoms with E-state index in [-0.39, 0.29) is 35.3 Å². The number of pyridine rings is 1. The maximum atomic E-state index is 14.2. The number of aryl methyl sites for hydroxylation is 1. The van der Waals surface area contributed by atoms with Crippen molar-refractivity contribution in [2.75, 3.05) is 0 Å². The zero-order chi connectivity index (χ0) is 28.2. The molecule has 12 heteroatoms. The van der Waals surface area contributed by atoms with Crippen LogP contribution in [0.25, 0.3) is 11.8 Å². The molecule has 3 heterocycles. The van der Waals surface area contributed by atoms with Crippen molar-refractivity contribution >= 4 is 21.7 Å². The molecule has 0 N–H and O–H groups in total. The van der Waals surface area contributed by atoms with Crippen molar-refractivity contribution in [3.05, 3.63) is 89.3 Å². The number of fused-ring (bicyclic) bond motifs is 2. The van der Waals surface area contributed by atoms with E-state index in [2.05, 4.69) is 20.2 Å². The van der Waals surface area contributed by atoms with Crippen LogP contribution in [0.5, 0.6) is 0 Å². The van der Waals surface area contributed by atoms with Crippen molar-refractivity contribution in [1.82, 2.24) is 29.5 Å². The van der Waals surface area contributed by atoms with Crippen LogP contribution in [0.2, 0.25) is 0 Å². The van der Waals surface area contributed by atoms with Gasteiger partial charge in [0.25, 0.3) is 5.16 Å². The first-order valence-corrected chi connectivity index (χ1v) is 14.4. The van der Waals surface area contributed by atoms with Gasteiger partial charge in [-0.2, -0.15) is 5.10 Å². The van der Waals surface area contributed by atoms with Gasteiger partial charge in [0.2, 0.25) is 9.84 Å². The van der Waals surface area contributed by atoms with Crippen LogP contribution in [0.1, 0.15) is 47.9 Å². The van der Waals surface area contributed by atoms with Crippen molar-refractivity contribution in [1.29, 1.82) is 0 Å². The van der Waals surface area contributed by atoms with Gasteiger partial charge in [-0.05, 0) is 80.5 Å². The summed E-state index contributed by atoms with van der Waals surface area (Å²) in [5.41, 5.74) is 1.89. The Labute approximate surface area is 229 Å².